The van der Waals surface area contributed by atoms with Crippen molar-refractivity contribution in [3.63, 3.8) is 0 Å². The third-order valence-electron chi connectivity index (χ3n) is 2.32. The topological polar surface area (TPSA) is 47.9 Å². The first-order chi connectivity index (χ1) is 7.31. The minimum Gasteiger partial charge on any atom is -0.504 e. The van der Waals surface area contributed by atoms with Crippen molar-refractivity contribution >= 4 is 0 Å². The van der Waals surface area contributed by atoms with Crippen LogP contribution in [-0.2, 0) is 11.2 Å². The lowest BCUT2D eigenvalue weighted by molar-refractivity contribution is 0.144. The normalized spacial score (nSPS) is 13.4. The molecule has 0 fully saturated rings. The van der Waals surface area contributed by atoms with Gasteiger partial charge in [0.1, 0.15) is 12.4 Å². The molecule has 0 atom stereocenters. The highest BCUT2D eigenvalue weighted by molar-refractivity contribution is 5.51. The summed E-state index contributed by atoms with van der Waals surface area (Å²) >= 11 is 0. The van der Waals surface area contributed by atoms with Crippen molar-refractivity contribution < 1.29 is 19.3 Å². The number of phenols is 1. The van der Waals surface area contributed by atoms with Crippen LogP contribution in [0.2, 0.25) is 0 Å². The van der Waals surface area contributed by atoms with Crippen molar-refractivity contribution in [3.8, 4) is 17.2 Å². The van der Waals surface area contributed by atoms with Gasteiger partial charge in [-0.1, -0.05) is 0 Å². The highest BCUT2D eigenvalue weighted by Crippen LogP contribution is 2.36. The van der Waals surface area contributed by atoms with Crippen LogP contribution in [0.15, 0.2) is 12.1 Å². The molecule has 0 aromatic heterocycles. The van der Waals surface area contributed by atoms with E-state index < -0.39 is 0 Å². The maximum absolute atomic E-state index is 9.65. The van der Waals surface area contributed by atoms with Crippen molar-refractivity contribution in [2.75, 3.05) is 26.9 Å². The molecule has 0 aliphatic carbocycles. The van der Waals surface area contributed by atoms with Gasteiger partial charge in [0, 0.05) is 25.2 Å². The summed E-state index contributed by atoms with van der Waals surface area (Å²) in [5.41, 5.74) is 1.03. The Morgan fingerprint density at radius 3 is 3.07 bits per heavy atom. The van der Waals surface area contributed by atoms with Gasteiger partial charge in [-0.2, -0.15) is 0 Å². The molecule has 15 heavy (non-hydrogen) atoms. The Bertz CT molecular complexity index is 349. The Labute approximate surface area is 88.4 Å². The molecule has 4 heteroatoms. The zero-order chi connectivity index (χ0) is 10.7. The fourth-order valence-electron chi connectivity index (χ4n) is 1.54. The predicted molar refractivity (Wildman–Crippen MR) is 54.7 cm³/mol. The molecule has 0 unspecified atom stereocenters. The van der Waals surface area contributed by atoms with Gasteiger partial charge < -0.3 is 19.3 Å². The average Bonchev–Trinajstić information content (AvgIpc) is 2.65. The molecule has 1 aromatic rings. The number of hydrogen-bond donors (Lipinski definition) is 1. The second kappa shape index (κ2) is 4.40. The van der Waals surface area contributed by atoms with Gasteiger partial charge >= 0.3 is 0 Å². The number of phenolic OH excluding ortho intramolecular Hbond substituents is 1. The Balaban J connectivity index is 2.10. The largest absolute Gasteiger partial charge is 0.504 e. The van der Waals surface area contributed by atoms with Crippen molar-refractivity contribution in [2.45, 2.75) is 6.42 Å². The summed E-state index contributed by atoms with van der Waals surface area (Å²) in [5, 5.41) is 9.65. The Morgan fingerprint density at radius 2 is 2.27 bits per heavy atom. The molecular formula is C11H14O4. The molecule has 1 N–H and O–H groups in total. The van der Waals surface area contributed by atoms with Crippen LogP contribution >= 0.6 is 0 Å². The van der Waals surface area contributed by atoms with Gasteiger partial charge in [0.05, 0.1) is 13.2 Å². The van der Waals surface area contributed by atoms with Crippen LogP contribution in [0, 0.1) is 0 Å². The van der Waals surface area contributed by atoms with Gasteiger partial charge in [-0.25, -0.2) is 0 Å². The van der Waals surface area contributed by atoms with Crippen LogP contribution in [0.5, 0.6) is 17.2 Å². The summed E-state index contributed by atoms with van der Waals surface area (Å²) in [5.74, 6) is 1.42. The van der Waals surface area contributed by atoms with E-state index in [-0.39, 0.29) is 5.75 Å². The van der Waals surface area contributed by atoms with E-state index in [0.29, 0.717) is 25.6 Å². The lowest BCUT2D eigenvalue weighted by atomic mass is 10.1. The number of ether oxygens (including phenoxy) is 3. The lowest BCUT2D eigenvalue weighted by Gasteiger charge is -2.09. The third kappa shape index (κ3) is 2.15. The Morgan fingerprint density at radius 1 is 1.40 bits per heavy atom. The van der Waals surface area contributed by atoms with Gasteiger partial charge in [-0.3, -0.25) is 0 Å². The maximum atomic E-state index is 9.65. The van der Waals surface area contributed by atoms with E-state index in [1.165, 1.54) is 0 Å². The van der Waals surface area contributed by atoms with Gasteiger partial charge in [-0.05, 0) is 6.07 Å². The van der Waals surface area contributed by atoms with Crippen molar-refractivity contribution in [3.05, 3.63) is 17.7 Å². The minimum atomic E-state index is 0.162. The minimum absolute atomic E-state index is 0.162. The first-order valence-corrected chi connectivity index (χ1v) is 4.91. The van der Waals surface area contributed by atoms with E-state index >= 15 is 0 Å². The van der Waals surface area contributed by atoms with Crippen molar-refractivity contribution in [1.82, 2.24) is 0 Å². The van der Waals surface area contributed by atoms with E-state index in [1.54, 1.807) is 19.2 Å². The zero-order valence-electron chi connectivity index (χ0n) is 8.66. The van der Waals surface area contributed by atoms with Crippen LogP contribution in [0.3, 0.4) is 0 Å². The highest BCUT2D eigenvalue weighted by atomic mass is 16.5. The number of methoxy groups -OCH3 is 1. The lowest BCUT2D eigenvalue weighted by Crippen LogP contribution is -2.04. The zero-order valence-corrected chi connectivity index (χ0v) is 8.66. The van der Waals surface area contributed by atoms with E-state index in [4.69, 9.17) is 14.2 Å². The first kappa shape index (κ1) is 10.1. The van der Waals surface area contributed by atoms with Crippen LogP contribution in [0.4, 0.5) is 0 Å². The monoisotopic (exact) mass is 210 g/mol. The molecule has 1 aliphatic heterocycles. The van der Waals surface area contributed by atoms with Gasteiger partial charge in [0.15, 0.2) is 11.5 Å². The van der Waals surface area contributed by atoms with Crippen LogP contribution in [0.1, 0.15) is 5.56 Å². The molecule has 2 rings (SSSR count). The number of hydrogen-bond acceptors (Lipinski definition) is 4. The summed E-state index contributed by atoms with van der Waals surface area (Å²) in [6, 6.07) is 3.43. The number of fused-ring (bicyclic) bond motifs is 1. The quantitative estimate of drug-likeness (QED) is 0.762. The molecule has 1 aromatic carbocycles. The van der Waals surface area contributed by atoms with Gasteiger partial charge in [0.2, 0.25) is 0 Å². The predicted octanol–water partition coefficient (Wildman–Crippen LogP) is 1.35. The third-order valence-corrected chi connectivity index (χ3v) is 2.32. The summed E-state index contributed by atoms with van der Waals surface area (Å²) < 4.78 is 15.6. The molecule has 0 saturated carbocycles. The summed E-state index contributed by atoms with van der Waals surface area (Å²) in [6.45, 7) is 1.59. The molecule has 82 valence electrons. The molecule has 0 amide bonds. The molecule has 0 spiro atoms. The molecule has 0 radical (unpaired) electrons. The summed E-state index contributed by atoms with van der Waals surface area (Å²) in [4.78, 5) is 0. The second-order valence-corrected chi connectivity index (χ2v) is 3.37. The Kier molecular flexibility index (Phi) is 2.97. The van der Waals surface area contributed by atoms with Gasteiger partial charge in [0.25, 0.3) is 0 Å². The average molecular weight is 210 g/mol. The Hall–Kier alpha value is -1.42. The SMILES string of the molecule is COCCOc1cc2c(cc1O)CCO2. The molecule has 1 heterocycles. The first-order valence-electron chi connectivity index (χ1n) is 4.91. The van der Waals surface area contributed by atoms with E-state index in [0.717, 1.165) is 17.7 Å². The van der Waals surface area contributed by atoms with E-state index in [9.17, 15) is 5.11 Å². The van der Waals surface area contributed by atoms with Crippen LogP contribution in [-0.4, -0.2) is 32.0 Å². The van der Waals surface area contributed by atoms with E-state index in [1.807, 2.05) is 0 Å². The van der Waals surface area contributed by atoms with E-state index in [2.05, 4.69) is 0 Å². The van der Waals surface area contributed by atoms with Crippen molar-refractivity contribution in [1.29, 1.82) is 0 Å². The fraction of sp³-hybridized carbons (Fsp3) is 0.455. The highest BCUT2D eigenvalue weighted by Gasteiger charge is 2.16. The molecule has 0 saturated heterocycles. The molecule has 4 nitrogen and oxygen atoms in total. The molecule has 0 bridgehead atoms. The molecule has 1 aliphatic rings. The second-order valence-electron chi connectivity index (χ2n) is 3.37. The molecular weight excluding hydrogens is 196 g/mol. The van der Waals surface area contributed by atoms with Crippen LogP contribution < -0.4 is 9.47 Å². The number of benzene rings is 1. The fourth-order valence-corrected chi connectivity index (χ4v) is 1.54. The standard InChI is InChI=1S/C11H14O4/c1-13-4-5-15-11-7-10-8(2-3-14-10)6-9(11)12/h6-7,12H,2-5H2,1H3. The number of rotatable bonds is 4. The van der Waals surface area contributed by atoms with Crippen molar-refractivity contribution in [2.24, 2.45) is 0 Å². The van der Waals surface area contributed by atoms with Gasteiger partial charge in [-0.15, -0.1) is 0 Å². The summed E-state index contributed by atoms with van der Waals surface area (Å²) in [7, 11) is 1.61. The number of aromatic hydroxyl groups is 1. The maximum Gasteiger partial charge on any atom is 0.164 e. The van der Waals surface area contributed by atoms with Crippen LogP contribution in [0.25, 0.3) is 0 Å². The summed E-state index contributed by atoms with van der Waals surface area (Å²) in [6.07, 6.45) is 0.848. The smallest absolute Gasteiger partial charge is 0.164 e.